The van der Waals surface area contributed by atoms with E-state index >= 15 is 0 Å². The highest BCUT2D eigenvalue weighted by molar-refractivity contribution is 9.10. The molecule has 24 heavy (non-hydrogen) atoms. The Balaban J connectivity index is 2.55. The Bertz CT molecular complexity index is 872. The summed E-state index contributed by atoms with van der Waals surface area (Å²) in [5, 5.41) is 9.21. The number of halogens is 2. The van der Waals surface area contributed by atoms with E-state index in [1.165, 1.54) is 37.4 Å². The normalized spacial score (nSPS) is 11.1. The smallest absolute Gasteiger partial charge is 0.324 e. The number of sulfonamides is 1. The standard InChI is InChI=1S/C15H13BrClNO5S/c1-23-14-6-5-12(8-13(14)17)24(21,22)18(9-15(19)20)11-4-2-3-10(16)7-11/h2-8H,9H2,1H3,(H,19,20). The van der Waals surface area contributed by atoms with Crippen molar-refractivity contribution >= 4 is 49.2 Å². The zero-order chi connectivity index (χ0) is 17.9. The number of anilines is 1. The van der Waals surface area contributed by atoms with Crippen molar-refractivity contribution in [3.8, 4) is 5.75 Å². The zero-order valence-electron chi connectivity index (χ0n) is 12.4. The van der Waals surface area contributed by atoms with Crippen LogP contribution < -0.4 is 9.04 Å². The summed E-state index contributed by atoms with van der Waals surface area (Å²) in [6.07, 6.45) is 0. The number of methoxy groups -OCH3 is 1. The third kappa shape index (κ3) is 4.00. The lowest BCUT2D eigenvalue weighted by Gasteiger charge is -2.23. The fourth-order valence-corrected chi connectivity index (χ4v) is 4.15. The van der Waals surface area contributed by atoms with Gasteiger partial charge in [-0.15, -0.1) is 0 Å². The summed E-state index contributed by atoms with van der Waals surface area (Å²) in [5.41, 5.74) is 0.221. The van der Waals surface area contributed by atoms with Crippen molar-refractivity contribution in [3.63, 3.8) is 0 Å². The summed E-state index contributed by atoms with van der Waals surface area (Å²) in [5.74, 6) is -0.957. The summed E-state index contributed by atoms with van der Waals surface area (Å²) in [7, 11) is -2.71. The third-order valence-corrected chi connectivity index (χ3v) is 5.64. The molecule has 0 saturated heterocycles. The number of rotatable bonds is 6. The van der Waals surface area contributed by atoms with Gasteiger partial charge in [0, 0.05) is 4.47 Å². The Morgan fingerprint density at radius 3 is 2.54 bits per heavy atom. The summed E-state index contributed by atoms with van der Waals surface area (Å²) < 4.78 is 32.2. The Morgan fingerprint density at radius 1 is 1.29 bits per heavy atom. The van der Waals surface area contributed by atoms with E-state index in [1.54, 1.807) is 12.1 Å². The van der Waals surface area contributed by atoms with Crippen molar-refractivity contribution in [2.75, 3.05) is 18.0 Å². The quantitative estimate of drug-likeness (QED) is 0.753. The minimum absolute atomic E-state index is 0.114. The predicted octanol–water partition coefficient (Wildman–Crippen LogP) is 3.39. The molecule has 0 aliphatic rings. The maximum Gasteiger partial charge on any atom is 0.324 e. The van der Waals surface area contributed by atoms with Crippen LogP contribution in [0.5, 0.6) is 5.75 Å². The average molecular weight is 435 g/mol. The van der Waals surface area contributed by atoms with Crippen molar-refractivity contribution < 1.29 is 23.1 Å². The number of nitrogens with zero attached hydrogens (tertiary/aromatic N) is 1. The first-order valence-electron chi connectivity index (χ1n) is 6.59. The lowest BCUT2D eigenvalue weighted by atomic mass is 10.3. The van der Waals surface area contributed by atoms with Gasteiger partial charge >= 0.3 is 5.97 Å². The molecule has 2 aromatic rings. The van der Waals surface area contributed by atoms with E-state index in [-0.39, 0.29) is 15.6 Å². The van der Waals surface area contributed by atoms with Crippen LogP contribution in [0.15, 0.2) is 51.8 Å². The molecule has 0 unspecified atom stereocenters. The average Bonchev–Trinajstić information content (AvgIpc) is 2.52. The van der Waals surface area contributed by atoms with Crippen LogP contribution in [-0.4, -0.2) is 33.1 Å². The first kappa shape index (κ1) is 18.6. The summed E-state index contributed by atoms with van der Waals surface area (Å²) in [6.45, 7) is -0.720. The summed E-state index contributed by atoms with van der Waals surface area (Å²) in [4.78, 5) is 11.0. The monoisotopic (exact) mass is 433 g/mol. The Kier molecular flexibility index (Phi) is 5.74. The largest absolute Gasteiger partial charge is 0.495 e. The highest BCUT2D eigenvalue weighted by Crippen LogP contribution is 2.31. The number of hydrogen-bond acceptors (Lipinski definition) is 4. The second kappa shape index (κ2) is 7.42. The molecular weight excluding hydrogens is 422 g/mol. The van der Waals surface area contributed by atoms with Crippen LogP contribution in [0.25, 0.3) is 0 Å². The number of benzene rings is 2. The molecule has 0 saturated carbocycles. The molecule has 0 aromatic heterocycles. The Hall–Kier alpha value is -1.77. The number of carboxylic acid groups (broad SMARTS) is 1. The molecule has 0 heterocycles. The highest BCUT2D eigenvalue weighted by Gasteiger charge is 2.28. The minimum Gasteiger partial charge on any atom is -0.495 e. The molecule has 0 aliphatic heterocycles. The zero-order valence-corrected chi connectivity index (χ0v) is 15.6. The molecule has 0 spiro atoms. The van der Waals surface area contributed by atoms with Crippen molar-refractivity contribution in [3.05, 3.63) is 52.0 Å². The number of aliphatic carboxylic acids is 1. The number of carbonyl (C=O) groups is 1. The molecule has 6 nitrogen and oxygen atoms in total. The first-order valence-corrected chi connectivity index (χ1v) is 9.20. The molecule has 1 N–H and O–H groups in total. The predicted molar refractivity (Wildman–Crippen MR) is 94.3 cm³/mol. The fraction of sp³-hybridized carbons (Fsp3) is 0.133. The van der Waals surface area contributed by atoms with Crippen LogP contribution >= 0.6 is 27.5 Å². The van der Waals surface area contributed by atoms with Crippen molar-refractivity contribution in [1.82, 2.24) is 0 Å². The summed E-state index contributed by atoms with van der Waals surface area (Å²) >= 11 is 9.23. The number of carboxylic acids is 1. The van der Waals surface area contributed by atoms with Gasteiger partial charge in [-0.2, -0.15) is 0 Å². The van der Waals surface area contributed by atoms with Crippen molar-refractivity contribution in [2.24, 2.45) is 0 Å². The van der Waals surface area contributed by atoms with Gasteiger partial charge in [0.1, 0.15) is 12.3 Å². The second-order valence-electron chi connectivity index (χ2n) is 4.68. The molecule has 0 atom stereocenters. The van der Waals surface area contributed by atoms with E-state index in [0.29, 0.717) is 10.2 Å². The summed E-state index contributed by atoms with van der Waals surface area (Å²) in [6, 6.07) is 10.3. The van der Waals surface area contributed by atoms with E-state index in [4.69, 9.17) is 21.4 Å². The lowest BCUT2D eigenvalue weighted by molar-refractivity contribution is -0.135. The molecule has 0 amide bonds. The molecule has 128 valence electrons. The molecular formula is C15H13BrClNO5S. The lowest BCUT2D eigenvalue weighted by Crippen LogP contribution is -2.35. The molecule has 0 radical (unpaired) electrons. The van der Waals surface area contributed by atoms with Crippen LogP contribution in [-0.2, 0) is 14.8 Å². The van der Waals surface area contributed by atoms with Gasteiger partial charge in [0.15, 0.2) is 0 Å². The van der Waals surface area contributed by atoms with E-state index in [1.807, 2.05) is 0 Å². The van der Waals surface area contributed by atoms with Gasteiger partial charge in [0.25, 0.3) is 10.0 Å². The fourth-order valence-electron chi connectivity index (χ4n) is 2.00. The van der Waals surface area contributed by atoms with E-state index in [0.717, 1.165) is 4.31 Å². The van der Waals surface area contributed by atoms with Gasteiger partial charge in [-0.1, -0.05) is 33.6 Å². The molecule has 9 heteroatoms. The Morgan fingerprint density at radius 2 is 2.00 bits per heavy atom. The number of ether oxygens (including phenoxy) is 1. The van der Waals surface area contributed by atoms with E-state index in [2.05, 4.69) is 15.9 Å². The SMILES string of the molecule is COc1ccc(S(=O)(=O)N(CC(=O)O)c2cccc(Br)c2)cc1Cl. The van der Waals surface area contributed by atoms with E-state index < -0.39 is 22.5 Å². The van der Waals surface area contributed by atoms with Crippen molar-refractivity contribution in [1.29, 1.82) is 0 Å². The van der Waals surface area contributed by atoms with Gasteiger partial charge in [-0.3, -0.25) is 9.10 Å². The van der Waals surface area contributed by atoms with Crippen LogP contribution in [0, 0.1) is 0 Å². The minimum atomic E-state index is -4.12. The van der Waals surface area contributed by atoms with E-state index in [9.17, 15) is 13.2 Å². The number of hydrogen-bond donors (Lipinski definition) is 1. The molecule has 2 rings (SSSR count). The van der Waals surface area contributed by atoms with Crippen LogP contribution in [0.4, 0.5) is 5.69 Å². The molecule has 0 bridgehead atoms. The second-order valence-corrected chi connectivity index (χ2v) is 7.87. The highest BCUT2D eigenvalue weighted by atomic mass is 79.9. The van der Waals surface area contributed by atoms with Crippen LogP contribution in [0.1, 0.15) is 0 Å². The van der Waals surface area contributed by atoms with Crippen LogP contribution in [0.3, 0.4) is 0 Å². The molecule has 2 aromatic carbocycles. The molecule has 0 fully saturated rings. The topological polar surface area (TPSA) is 83.9 Å². The van der Waals surface area contributed by atoms with Gasteiger partial charge in [0.2, 0.25) is 0 Å². The third-order valence-electron chi connectivity index (χ3n) is 3.09. The maximum absolute atomic E-state index is 12.9. The molecule has 0 aliphatic carbocycles. The van der Waals surface area contributed by atoms with Crippen molar-refractivity contribution in [2.45, 2.75) is 4.90 Å². The van der Waals surface area contributed by atoms with Gasteiger partial charge in [0.05, 0.1) is 22.7 Å². The maximum atomic E-state index is 12.9. The van der Waals surface area contributed by atoms with Gasteiger partial charge < -0.3 is 9.84 Å². The van der Waals surface area contributed by atoms with Gasteiger partial charge in [-0.05, 0) is 36.4 Å². The van der Waals surface area contributed by atoms with Crippen LogP contribution in [0.2, 0.25) is 5.02 Å². The Labute approximate surface area is 152 Å². The first-order chi connectivity index (χ1) is 11.3. The van der Waals surface area contributed by atoms with Gasteiger partial charge in [-0.25, -0.2) is 8.42 Å².